The van der Waals surface area contributed by atoms with Gasteiger partial charge in [0.1, 0.15) is 23.3 Å². The van der Waals surface area contributed by atoms with Crippen LogP contribution in [-0.2, 0) is 0 Å². The highest BCUT2D eigenvalue weighted by molar-refractivity contribution is 5.65. The standard InChI is InChI=1S/C12H5F4/c13-7-5-10(15)12(11(16)6-7)8-3-1-2-4-9(8)14/h1,3-6H. The van der Waals surface area contributed by atoms with Crippen molar-refractivity contribution in [3.05, 3.63) is 59.7 Å². The van der Waals surface area contributed by atoms with Crippen LogP contribution in [0, 0.1) is 29.3 Å². The van der Waals surface area contributed by atoms with E-state index >= 15 is 0 Å². The topological polar surface area (TPSA) is 0 Å². The van der Waals surface area contributed by atoms with Gasteiger partial charge in [-0.25, -0.2) is 17.6 Å². The highest BCUT2D eigenvalue weighted by atomic mass is 19.1. The molecule has 2 aromatic carbocycles. The summed E-state index contributed by atoms with van der Waals surface area (Å²) in [5.41, 5.74) is -0.832. The number of benzene rings is 2. The van der Waals surface area contributed by atoms with Crippen molar-refractivity contribution in [2.24, 2.45) is 0 Å². The molecule has 4 heteroatoms. The van der Waals surface area contributed by atoms with Crippen LogP contribution in [0.5, 0.6) is 0 Å². The molecule has 0 nitrogen and oxygen atoms in total. The second-order valence-electron chi connectivity index (χ2n) is 3.15. The molecule has 0 aromatic heterocycles. The minimum absolute atomic E-state index is 0.256. The van der Waals surface area contributed by atoms with Crippen LogP contribution >= 0.6 is 0 Å². The molecular weight excluding hydrogens is 220 g/mol. The number of hydrogen-bond acceptors (Lipinski definition) is 0. The molecule has 2 aromatic rings. The van der Waals surface area contributed by atoms with Crippen LogP contribution in [0.1, 0.15) is 0 Å². The third kappa shape index (κ3) is 1.78. The van der Waals surface area contributed by atoms with Crippen LogP contribution in [0.2, 0.25) is 0 Å². The second kappa shape index (κ2) is 3.96. The Balaban J connectivity index is 2.70. The van der Waals surface area contributed by atoms with Crippen LogP contribution in [0.3, 0.4) is 0 Å². The third-order valence-electron chi connectivity index (χ3n) is 2.09. The van der Waals surface area contributed by atoms with Gasteiger partial charge in [0.2, 0.25) is 0 Å². The van der Waals surface area contributed by atoms with Crippen molar-refractivity contribution >= 4 is 0 Å². The van der Waals surface area contributed by atoms with Gasteiger partial charge < -0.3 is 0 Å². The molecule has 0 atom stereocenters. The minimum Gasteiger partial charge on any atom is -0.207 e. The lowest BCUT2D eigenvalue weighted by Gasteiger charge is -2.06. The van der Waals surface area contributed by atoms with Crippen molar-refractivity contribution in [1.82, 2.24) is 0 Å². The lowest BCUT2D eigenvalue weighted by atomic mass is 10.0. The zero-order valence-corrected chi connectivity index (χ0v) is 7.90. The number of halogens is 4. The maximum absolute atomic E-state index is 13.3. The van der Waals surface area contributed by atoms with Gasteiger partial charge in [0, 0.05) is 17.7 Å². The first-order valence-electron chi connectivity index (χ1n) is 4.40. The Kier molecular flexibility index (Phi) is 2.64. The van der Waals surface area contributed by atoms with Gasteiger partial charge in [0.25, 0.3) is 0 Å². The average Bonchev–Trinajstić information content (AvgIpc) is 2.19. The van der Waals surface area contributed by atoms with E-state index < -0.39 is 28.8 Å². The van der Waals surface area contributed by atoms with Gasteiger partial charge in [-0.15, -0.1) is 0 Å². The molecule has 2 rings (SSSR count). The lowest BCUT2D eigenvalue weighted by Crippen LogP contribution is -1.94. The van der Waals surface area contributed by atoms with Crippen LogP contribution in [-0.4, -0.2) is 0 Å². The zero-order chi connectivity index (χ0) is 11.7. The zero-order valence-electron chi connectivity index (χ0n) is 7.90. The Morgan fingerprint density at radius 1 is 0.875 bits per heavy atom. The number of rotatable bonds is 1. The monoisotopic (exact) mass is 225 g/mol. The van der Waals surface area contributed by atoms with E-state index in [9.17, 15) is 17.6 Å². The molecule has 0 aliphatic rings. The fraction of sp³-hybridized carbons (Fsp3) is 0. The second-order valence-corrected chi connectivity index (χ2v) is 3.15. The van der Waals surface area contributed by atoms with E-state index in [2.05, 4.69) is 6.07 Å². The maximum Gasteiger partial charge on any atom is 0.136 e. The largest absolute Gasteiger partial charge is 0.207 e. The summed E-state index contributed by atoms with van der Waals surface area (Å²) >= 11 is 0. The van der Waals surface area contributed by atoms with E-state index in [1.807, 2.05) is 0 Å². The van der Waals surface area contributed by atoms with Crippen LogP contribution in [0.15, 0.2) is 30.3 Å². The number of hydrogen-bond donors (Lipinski definition) is 0. The molecule has 0 unspecified atom stereocenters. The molecule has 81 valence electrons. The van der Waals surface area contributed by atoms with E-state index in [0.717, 1.165) is 6.07 Å². The summed E-state index contributed by atoms with van der Waals surface area (Å²) in [5, 5.41) is 0. The van der Waals surface area contributed by atoms with E-state index in [1.165, 1.54) is 12.1 Å². The minimum atomic E-state index is -1.14. The van der Waals surface area contributed by atoms with Gasteiger partial charge in [-0.2, -0.15) is 0 Å². The first-order chi connectivity index (χ1) is 7.59. The smallest absolute Gasteiger partial charge is 0.136 e. The van der Waals surface area contributed by atoms with Crippen molar-refractivity contribution in [3.8, 4) is 11.1 Å². The molecular formula is C12H5F4. The predicted molar refractivity (Wildman–Crippen MR) is 50.5 cm³/mol. The van der Waals surface area contributed by atoms with Crippen molar-refractivity contribution in [2.45, 2.75) is 0 Å². The molecule has 0 fully saturated rings. The normalized spacial score (nSPS) is 10.5. The summed E-state index contributed by atoms with van der Waals surface area (Å²) in [7, 11) is 0. The first-order valence-corrected chi connectivity index (χ1v) is 4.40. The van der Waals surface area contributed by atoms with Crippen LogP contribution in [0.25, 0.3) is 11.1 Å². The molecule has 0 N–H and O–H groups in total. The van der Waals surface area contributed by atoms with Crippen molar-refractivity contribution in [2.75, 3.05) is 0 Å². The van der Waals surface area contributed by atoms with Gasteiger partial charge in [0.15, 0.2) is 0 Å². The fourth-order valence-electron chi connectivity index (χ4n) is 1.41. The quantitative estimate of drug-likeness (QED) is 0.649. The molecule has 0 bridgehead atoms. The van der Waals surface area contributed by atoms with Gasteiger partial charge in [-0.1, -0.05) is 12.1 Å². The van der Waals surface area contributed by atoms with E-state index in [-0.39, 0.29) is 5.56 Å². The highest BCUT2D eigenvalue weighted by Crippen LogP contribution is 2.28. The third-order valence-corrected chi connectivity index (χ3v) is 2.09. The van der Waals surface area contributed by atoms with E-state index in [4.69, 9.17) is 0 Å². The van der Waals surface area contributed by atoms with E-state index in [1.54, 1.807) is 0 Å². The van der Waals surface area contributed by atoms with Gasteiger partial charge in [-0.3, -0.25) is 0 Å². The Morgan fingerprint density at radius 3 is 2.06 bits per heavy atom. The van der Waals surface area contributed by atoms with Crippen molar-refractivity contribution < 1.29 is 17.6 Å². The molecule has 1 radical (unpaired) electrons. The lowest BCUT2D eigenvalue weighted by molar-refractivity contribution is 0.545. The highest BCUT2D eigenvalue weighted by Gasteiger charge is 2.16. The molecule has 0 amide bonds. The molecule has 0 aliphatic carbocycles. The molecule has 0 saturated heterocycles. The average molecular weight is 225 g/mol. The SMILES string of the molecule is Fc1cc(F)c(-c2cc[c]cc2F)c(F)c1. The summed E-state index contributed by atoms with van der Waals surface area (Å²) < 4.78 is 52.6. The van der Waals surface area contributed by atoms with Crippen LogP contribution < -0.4 is 0 Å². The summed E-state index contributed by atoms with van der Waals surface area (Å²) in [6.07, 6.45) is 0. The summed E-state index contributed by atoms with van der Waals surface area (Å²) in [6.45, 7) is 0. The van der Waals surface area contributed by atoms with E-state index in [0.29, 0.717) is 12.1 Å². The maximum atomic E-state index is 13.3. The van der Waals surface area contributed by atoms with Gasteiger partial charge in [-0.05, 0) is 12.1 Å². The summed E-state index contributed by atoms with van der Waals surface area (Å²) in [5.74, 6) is -4.13. The Bertz CT molecular complexity index is 511. The molecule has 0 heterocycles. The fourth-order valence-corrected chi connectivity index (χ4v) is 1.41. The van der Waals surface area contributed by atoms with Gasteiger partial charge >= 0.3 is 0 Å². The Morgan fingerprint density at radius 2 is 1.50 bits per heavy atom. The predicted octanol–water partition coefficient (Wildman–Crippen LogP) is 3.71. The van der Waals surface area contributed by atoms with Crippen molar-refractivity contribution in [1.29, 1.82) is 0 Å². The Labute approximate surface area is 89.2 Å². The van der Waals surface area contributed by atoms with Gasteiger partial charge in [0.05, 0.1) is 5.56 Å². The summed E-state index contributed by atoms with van der Waals surface area (Å²) in [4.78, 5) is 0. The molecule has 0 saturated carbocycles. The molecule has 0 spiro atoms. The molecule has 0 aliphatic heterocycles. The van der Waals surface area contributed by atoms with Crippen LogP contribution in [0.4, 0.5) is 17.6 Å². The van der Waals surface area contributed by atoms with Crippen molar-refractivity contribution in [3.63, 3.8) is 0 Å². The summed E-state index contributed by atoms with van der Waals surface area (Å²) in [6, 6.07) is 6.90. The first kappa shape index (κ1) is 10.7. The molecule has 16 heavy (non-hydrogen) atoms. The Hall–Kier alpha value is -1.84.